The van der Waals surface area contributed by atoms with Gasteiger partial charge in [-0.15, -0.1) is 11.8 Å². The van der Waals surface area contributed by atoms with Gasteiger partial charge in [-0.3, -0.25) is 14.9 Å². The Morgan fingerprint density at radius 2 is 1.36 bits per heavy atom. The lowest BCUT2D eigenvalue weighted by atomic mass is 10.3. The number of hydrogen-bond donors (Lipinski definition) is 1. The van der Waals surface area contributed by atoms with Crippen molar-refractivity contribution in [3.05, 3.63) is 52.6 Å². The highest BCUT2D eigenvalue weighted by atomic mass is 32.2. The average molecular weight is 720 g/mol. The van der Waals surface area contributed by atoms with E-state index in [4.69, 9.17) is 0 Å². The van der Waals surface area contributed by atoms with Crippen LogP contribution in [-0.4, -0.2) is 59.7 Å². The van der Waals surface area contributed by atoms with Crippen LogP contribution in [0, 0.1) is 10.1 Å². The fraction of sp³-hybridized carbons (Fsp3) is 0.350. The smallest absolute Gasteiger partial charge is 0.325 e. The molecule has 0 saturated heterocycles. The molecule has 2 rings (SSSR count). The van der Waals surface area contributed by atoms with Gasteiger partial charge in [0.05, 0.1) is 20.5 Å². The molecule has 2 aromatic carbocycles. The van der Waals surface area contributed by atoms with E-state index in [1.165, 1.54) is 0 Å². The second-order valence-electron chi connectivity index (χ2n) is 8.03. The van der Waals surface area contributed by atoms with Gasteiger partial charge in [-0.1, -0.05) is 6.07 Å². The third kappa shape index (κ3) is 7.10. The van der Waals surface area contributed by atoms with Crippen molar-refractivity contribution >= 4 is 50.6 Å². The third-order valence-electron chi connectivity index (χ3n) is 4.94. The maximum atomic E-state index is 13.9. The summed E-state index contributed by atoms with van der Waals surface area (Å²) in [5, 5.41) is 0.761. The molecule has 0 radical (unpaired) electrons. The lowest BCUT2D eigenvalue weighted by Crippen LogP contribution is -2.55. The number of nitrogens with zero attached hydrogens (tertiary/aromatic N) is 1. The van der Waals surface area contributed by atoms with Gasteiger partial charge < -0.3 is 5.32 Å². The Labute approximate surface area is 243 Å². The monoisotopic (exact) mass is 720 g/mol. The normalized spacial score (nSPS) is 14.0. The van der Waals surface area contributed by atoms with Gasteiger partial charge in [0.1, 0.15) is 0 Å². The SMILES string of the molecule is O=C(CSc1ccc(S(=O)(=O)C(F)(F)C(F)(F)C(F)(F)F)cc1[N+](=O)[O-])Nc1cccc(SC(F)(F)C(F)(F)C(F)(F)F)c1. The second kappa shape index (κ2) is 12.1. The molecule has 0 aliphatic rings. The van der Waals surface area contributed by atoms with E-state index >= 15 is 0 Å². The molecule has 0 atom stereocenters. The number of anilines is 1. The summed E-state index contributed by atoms with van der Waals surface area (Å²) in [6.45, 7) is 0. The number of nitro benzene ring substituents is 1. The van der Waals surface area contributed by atoms with Gasteiger partial charge in [0.25, 0.3) is 15.5 Å². The molecule has 24 heteroatoms. The van der Waals surface area contributed by atoms with Crippen LogP contribution in [0.3, 0.4) is 0 Å². The number of thioether (sulfide) groups is 2. The number of carbonyl (C=O) groups is 1. The minimum Gasteiger partial charge on any atom is -0.325 e. The maximum absolute atomic E-state index is 13.9. The van der Waals surface area contributed by atoms with Crippen molar-refractivity contribution in [2.24, 2.45) is 0 Å². The Kier molecular flexibility index (Phi) is 10.2. The molecule has 0 bridgehead atoms. The molecule has 0 unspecified atom stereocenters. The van der Waals surface area contributed by atoms with Crippen LogP contribution < -0.4 is 5.32 Å². The first-order valence-corrected chi connectivity index (χ1v) is 13.8. The fourth-order valence-corrected chi connectivity index (χ4v) is 5.71. The first kappa shape index (κ1) is 37.2. The first-order chi connectivity index (χ1) is 19.6. The summed E-state index contributed by atoms with van der Waals surface area (Å²) in [6, 6.07) is 3.11. The molecule has 0 aliphatic carbocycles. The van der Waals surface area contributed by atoms with E-state index in [1.54, 1.807) is 0 Å². The minimum absolute atomic E-state index is 0.0144. The van der Waals surface area contributed by atoms with Crippen molar-refractivity contribution < 1.29 is 79.6 Å². The summed E-state index contributed by atoms with van der Waals surface area (Å²) < 4.78 is 206. The summed E-state index contributed by atoms with van der Waals surface area (Å²) in [5.74, 6) is -15.7. The molecule has 0 aromatic heterocycles. The Hall–Kier alpha value is -3.02. The van der Waals surface area contributed by atoms with E-state index in [-0.39, 0.29) is 23.9 Å². The Balaban J connectivity index is 2.25. The van der Waals surface area contributed by atoms with Gasteiger partial charge in [0.2, 0.25) is 5.91 Å². The number of halogens is 14. The topological polar surface area (TPSA) is 106 Å². The van der Waals surface area contributed by atoms with Gasteiger partial charge in [0.15, 0.2) is 0 Å². The van der Waals surface area contributed by atoms with Crippen LogP contribution in [0.4, 0.5) is 72.8 Å². The summed E-state index contributed by atoms with van der Waals surface area (Å²) in [6.07, 6.45) is -13.7. The predicted octanol–water partition coefficient (Wildman–Crippen LogP) is 7.77. The summed E-state index contributed by atoms with van der Waals surface area (Å²) in [4.78, 5) is 18.4. The molecule has 44 heavy (non-hydrogen) atoms. The van der Waals surface area contributed by atoms with Gasteiger partial charge in [-0.05, 0) is 42.1 Å². The Bertz CT molecular complexity index is 1530. The second-order valence-corrected chi connectivity index (χ2v) is 12.2. The highest BCUT2D eigenvalue weighted by molar-refractivity contribution is 8.00. The summed E-state index contributed by atoms with van der Waals surface area (Å²) >= 11 is -1.06. The fourth-order valence-electron chi connectivity index (χ4n) is 2.77. The van der Waals surface area contributed by atoms with E-state index in [2.05, 4.69) is 0 Å². The maximum Gasteiger partial charge on any atom is 0.461 e. The van der Waals surface area contributed by atoms with Crippen molar-refractivity contribution in [3.8, 4) is 0 Å². The minimum atomic E-state index is -7.12. The van der Waals surface area contributed by atoms with Gasteiger partial charge >= 0.3 is 34.7 Å². The number of carbonyl (C=O) groups excluding carboxylic acids is 1. The van der Waals surface area contributed by atoms with E-state index in [1.807, 2.05) is 5.32 Å². The summed E-state index contributed by atoms with van der Waals surface area (Å²) in [7, 11) is -6.92. The molecule has 0 aliphatic heterocycles. The molecule has 1 N–H and O–H groups in total. The van der Waals surface area contributed by atoms with Crippen molar-refractivity contribution in [1.82, 2.24) is 0 Å². The average Bonchev–Trinajstić information content (AvgIpc) is 2.85. The quantitative estimate of drug-likeness (QED) is 0.109. The van der Waals surface area contributed by atoms with Crippen LogP contribution in [0.25, 0.3) is 0 Å². The lowest BCUT2D eigenvalue weighted by Gasteiger charge is -2.27. The number of sulfone groups is 1. The number of amides is 1. The molecule has 1 amide bonds. The zero-order valence-corrected chi connectivity index (χ0v) is 22.7. The molecule has 0 spiro atoms. The highest BCUT2D eigenvalue weighted by Crippen LogP contribution is 2.54. The predicted molar refractivity (Wildman–Crippen MR) is 124 cm³/mol. The third-order valence-corrected chi connectivity index (χ3v) is 8.81. The Morgan fingerprint density at radius 3 is 1.86 bits per heavy atom. The highest BCUT2D eigenvalue weighted by Gasteiger charge is 2.79. The summed E-state index contributed by atoms with van der Waals surface area (Å²) in [5.41, 5.74) is -1.91. The number of nitro groups is 1. The lowest BCUT2D eigenvalue weighted by molar-refractivity contribution is -0.388. The van der Waals surface area contributed by atoms with Crippen LogP contribution in [0.2, 0.25) is 0 Å². The zero-order valence-electron chi connectivity index (χ0n) is 20.3. The largest absolute Gasteiger partial charge is 0.461 e. The van der Waals surface area contributed by atoms with Gasteiger partial charge in [-0.2, -0.15) is 61.5 Å². The molecular weight excluding hydrogens is 710 g/mol. The molecule has 0 heterocycles. The van der Waals surface area contributed by atoms with Crippen LogP contribution in [-0.2, 0) is 14.6 Å². The van der Waals surface area contributed by atoms with E-state index < -0.39 is 99.0 Å². The number of nitrogens with one attached hydrogen (secondary N) is 1. The van der Waals surface area contributed by atoms with Crippen molar-refractivity contribution in [1.29, 1.82) is 0 Å². The molecule has 246 valence electrons. The molecule has 2 aromatic rings. The van der Waals surface area contributed by atoms with E-state index in [0.717, 1.165) is 12.1 Å². The van der Waals surface area contributed by atoms with Crippen molar-refractivity contribution in [2.75, 3.05) is 11.1 Å². The molecule has 7 nitrogen and oxygen atoms in total. The number of hydrogen-bond acceptors (Lipinski definition) is 7. The van der Waals surface area contributed by atoms with E-state index in [0.29, 0.717) is 18.2 Å². The van der Waals surface area contributed by atoms with Crippen molar-refractivity contribution in [2.45, 2.75) is 49.4 Å². The number of rotatable bonds is 11. The molecule has 0 fully saturated rings. The van der Waals surface area contributed by atoms with Crippen LogP contribution in [0.1, 0.15) is 0 Å². The van der Waals surface area contributed by atoms with Gasteiger partial charge in [-0.25, -0.2) is 8.42 Å². The standard InChI is InChI=1S/C20H10F14N2O5S3/c21-15(22,17(25,26)27)19(31,32)43-10-3-1-2-9(6-10)35-14(37)8-42-13-5-4-11(7-12(13)36(38)39)44(40,41)20(33,34)16(23,24)18(28,29)30/h1-7H,8H2,(H,35,37). The number of alkyl halides is 14. The number of benzene rings is 2. The van der Waals surface area contributed by atoms with Crippen LogP contribution >= 0.6 is 23.5 Å². The van der Waals surface area contributed by atoms with Crippen LogP contribution in [0.15, 0.2) is 57.2 Å². The first-order valence-electron chi connectivity index (χ1n) is 10.5. The zero-order chi connectivity index (χ0) is 34.3. The van der Waals surface area contributed by atoms with Crippen LogP contribution in [0.5, 0.6) is 0 Å². The van der Waals surface area contributed by atoms with E-state index in [9.17, 15) is 84.8 Å². The van der Waals surface area contributed by atoms with Gasteiger partial charge in [0, 0.05) is 16.6 Å². The van der Waals surface area contributed by atoms with Crippen molar-refractivity contribution in [3.63, 3.8) is 0 Å². The Morgan fingerprint density at radius 1 is 0.818 bits per heavy atom. The molecule has 0 saturated carbocycles. The molecular formula is C20H10F14N2O5S3.